The third-order valence-corrected chi connectivity index (χ3v) is 3.22. The molecule has 1 aromatic heterocycles. The van der Waals surface area contributed by atoms with Gasteiger partial charge in [0, 0.05) is 32.0 Å². The Balaban J connectivity index is 0.00000400. The average Bonchev–Trinajstić information content (AvgIpc) is 2.90. The molecule has 5 nitrogen and oxygen atoms in total. The Morgan fingerprint density at radius 1 is 1.29 bits per heavy atom. The van der Waals surface area contributed by atoms with Crippen molar-refractivity contribution < 1.29 is 0 Å². The first-order valence-electron chi connectivity index (χ1n) is 7.56. The Hall–Kier alpha value is -0.790. The number of guanidine groups is 1. The fourth-order valence-electron chi connectivity index (χ4n) is 2.05. The first-order chi connectivity index (χ1) is 9.61. The van der Waals surface area contributed by atoms with E-state index in [4.69, 9.17) is 0 Å². The maximum atomic E-state index is 4.25. The molecular weight excluding hydrogens is 377 g/mol. The topological polar surface area (TPSA) is 54.2 Å². The van der Waals surface area contributed by atoms with Gasteiger partial charge >= 0.3 is 0 Å². The molecule has 1 atom stereocenters. The quantitative estimate of drug-likeness (QED) is 0.396. The molecule has 1 heterocycles. The van der Waals surface area contributed by atoms with Crippen molar-refractivity contribution in [2.75, 3.05) is 13.6 Å². The van der Waals surface area contributed by atoms with Gasteiger partial charge in [0.1, 0.15) is 0 Å². The summed E-state index contributed by atoms with van der Waals surface area (Å²) in [6, 6.07) is 2.38. The van der Waals surface area contributed by atoms with Gasteiger partial charge in [-0.3, -0.25) is 9.67 Å². The third-order valence-electron chi connectivity index (χ3n) is 3.22. The molecule has 0 aliphatic heterocycles. The highest BCUT2D eigenvalue weighted by molar-refractivity contribution is 14.0. The van der Waals surface area contributed by atoms with Crippen molar-refractivity contribution in [3.05, 3.63) is 18.5 Å². The molecule has 0 aliphatic rings. The number of rotatable bonds is 8. The minimum Gasteiger partial charge on any atom is -0.355 e. The number of nitrogens with zero attached hydrogens (tertiary/aromatic N) is 3. The fraction of sp³-hybridized carbons (Fsp3) is 0.733. The minimum absolute atomic E-state index is 0. The largest absolute Gasteiger partial charge is 0.355 e. The zero-order valence-electron chi connectivity index (χ0n) is 13.7. The van der Waals surface area contributed by atoms with E-state index in [0.29, 0.717) is 6.04 Å². The van der Waals surface area contributed by atoms with Crippen LogP contribution in [0.3, 0.4) is 0 Å². The lowest BCUT2D eigenvalue weighted by molar-refractivity contribution is 0.490. The van der Waals surface area contributed by atoms with Crippen LogP contribution in [0.15, 0.2) is 23.5 Å². The summed E-state index contributed by atoms with van der Waals surface area (Å²) in [5.41, 5.74) is 0. The van der Waals surface area contributed by atoms with Gasteiger partial charge in [-0.2, -0.15) is 5.10 Å². The first kappa shape index (κ1) is 20.2. The zero-order chi connectivity index (χ0) is 14.8. The highest BCUT2D eigenvalue weighted by Crippen LogP contribution is 2.07. The van der Waals surface area contributed by atoms with Gasteiger partial charge < -0.3 is 10.6 Å². The van der Waals surface area contributed by atoms with E-state index in [1.807, 2.05) is 24.0 Å². The van der Waals surface area contributed by atoms with E-state index >= 15 is 0 Å². The summed E-state index contributed by atoms with van der Waals surface area (Å²) in [5, 5.41) is 10.9. The average molecular weight is 407 g/mol. The van der Waals surface area contributed by atoms with Gasteiger partial charge in [0.05, 0.1) is 6.54 Å². The molecule has 0 spiro atoms. The molecule has 1 unspecified atom stereocenters. The molecule has 21 heavy (non-hydrogen) atoms. The Morgan fingerprint density at radius 2 is 2.05 bits per heavy atom. The molecule has 1 rings (SSSR count). The van der Waals surface area contributed by atoms with Crippen LogP contribution in [-0.4, -0.2) is 35.4 Å². The molecular formula is C15H30IN5. The van der Waals surface area contributed by atoms with E-state index in [0.717, 1.165) is 25.0 Å². The van der Waals surface area contributed by atoms with Crippen LogP contribution in [0.4, 0.5) is 0 Å². The van der Waals surface area contributed by atoms with Gasteiger partial charge in [0.25, 0.3) is 0 Å². The van der Waals surface area contributed by atoms with Crippen LogP contribution in [0, 0.1) is 5.92 Å². The normalized spacial score (nSPS) is 12.9. The lowest BCUT2D eigenvalue weighted by Gasteiger charge is -2.18. The predicted molar refractivity (Wildman–Crippen MR) is 100 cm³/mol. The second-order valence-corrected chi connectivity index (χ2v) is 5.64. The Morgan fingerprint density at radius 3 is 2.62 bits per heavy atom. The number of aliphatic imine (C=N–C) groups is 1. The number of aromatic nitrogens is 2. The second-order valence-electron chi connectivity index (χ2n) is 5.64. The predicted octanol–water partition coefficient (Wildman–Crippen LogP) is 2.88. The van der Waals surface area contributed by atoms with Gasteiger partial charge in [-0.1, -0.05) is 26.7 Å². The Kier molecular flexibility index (Phi) is 11.4. The maximum Gasteiger partial charge on any atom is 0.191 e. The van der Waals surface area contributed by atoms with E-state index in [-0.39, 0.29) is 24.0 Å². The van der Waals surface area contributed by atoms with Crippen LogP contribution in [0.1, 0.15) is 40.0 Å². The molecule has 1 aromatic rings. The van der Waals surface area contributed by atoms with Crippen molar-refractivity contribution >= 4 is 29.9 Å². The molecule has 6 heteroatoms. The van der Waals surface area contributed by atoms with Crippen molar-refractivity contribution in [2.24, 2.45) is 10.9 Å². The highest BCUT2D eigenvalue weighted by atomic mass is 127. The van der Waals surface area contributed by atoms with Crippen LogP contribution in [0.5, 0.6) is 0 Å². The van der Waals surface area contributed by atoms with E-state index in [9.17, 15) is 0 Å². The van der Waals surface area contributed by atoms with Crippen LogP contribution in [0.25, 0.3) is 0 Å². The van der Waals surface area contributed by atoms with Crippen molar-refractivity contribution in [1.29, 1.82) is 0 Å². The van der Waals surface area contributed by atoms with Crippen LogP contribution >= 0.6 is 24.0 Å². The number of halogens is 1. The number of nitrogens with one attached hydrogen (secondary N) is 2. The maximum absolute atomic E-state index is 4.25. The summed E-state index contributed by atoms with van der Waals surface area (Å²) < 4.78 is 1.91. The summed E-state index contributed by atoms with van der Waals surface area (Å²) in [4.78, 5) is 4.25. The molecule has 0 aliphatic carbocycles. The summed E-state index contributed by atoms with van der Waals surface area (Å²) >= 11 is 0. The SMILES string of the molecule is CN=C(NCCn1cccn1)NC(C)CCCC(C)C.I. The van der Waals surface area contributed by atoms with Gasteiger partial charge in [0.2, 0.25) is 0 Å². The van der Waals surface area contributed by atoms with Gasteiger partial charge in [-0.25, -0.2) is 0 Å². The van der Waals surface area contributed by atoms with Crippen LogP contribution < -0.4 is 10.6 Å². The lowest BCUT2D eigenvalue weighted by atomic mass is 10.0. The van der Waals surface area contributed by atoms with Crippen molar-refractivity contribution in [3.8, 4) is 0 Å². The summed E-state index contributed by atoms with van der Waals surface area (Å²) in [5.74, 6) is 1.66. The highest BCUT2D eigenvalue weighted by Gasteiger charge is 2.05. The smallest absolute Gasteiger partial charge is 0.191 e. The summed E-state index contributed by atoms with van der Waals surface area (Å²) in [6.07, 6.45) is 7.49. The lowest BCUT2D eigenvalue weighted by Crippen LogP contribution is -2.43. The van der Waals surface area contributed by atoms with E-state index in [1.54, 1.807) is 6.20 Å². The van der Waals surface area contributed by atoms with Gasteiger partial charge in [-0.05, 0) is 25.3 Å². The first-order valence-corrected chi connectivity index (χ1v) is 7.56. The monoisotopic (exact) mass is 407 g/mol. The summed E-state index contributed by atoms with van der Waals surface area (Å²) in [7, 11) is 1.81. The molecule has 0 saturated heterocycles. The van der Waals surface area contributed by atoms with Crippen molar-refractivity contribution in [2.45, 2.75) is 52.6 Å². The van der Waals surface area contributed by atoms with Crippen molar-refractivity contribution in [3.63, 3.8) is 0 Å². The molecule has 0 amide bonds. The third kappa shape index (κ3) is 9.71. The number of hydrogen-bond donors (Lipinski definition) is 2. The molecule has 122 valence electrons. The summed E-state index contributed by atoms with van der Waals surface area (Å²) in [6.45, 7) is 8.41. The Labute approximate surface area is 146 Å². The van der Waals surface area contributed by atoms with Gasteiger partial charge in [-0.15, -0.1) is 24.0 Å². The molecule has 0 aromatic carbocycles. The van der Waals surface area contributed by atoms with Gasteiger partial charge in [0.15, 0.2) is 5.96 Å². The molecule has 0 saturated carbocycles. The van der Waals surface area contributed by atoms with E-state index in [2.05, 4.69) is 41.5 Å². The van der Waals surface area contributed by atoms with E-state index in [1.165, 1.54) is 19.3 Å². The standard InChI is InChI=1S/C15H29N5.HI/c1-13(2)7-5-8-14(3)19-15(16-4)17-10-12-20-11-6-9-18-20;/h6,9,11,13-14H,5,7-8,10,12H2,1-4H3,(H2,16,17,19);1H. The molecule has 0 bridgehead atoms. The Bertz CT molecular complexity index is 375. The van der Waals surface area contributed by atoms with Crippen molar-refractivity contribution in [1.82, 2.24) is 20.4 Å². The fourth-order valence-corrected chi connectivity index (χ4v) is 2.05. The minimum atomic E-state index is 0. The number of hydrogen-bond acceptors (Lipinski definition) is 2. The molecule has 2 N–H and O–H groups in total. The zero-order valence-corrected chi connectivity index (χ0v) is 16.0. The molecule has 0 fully saturated rings. The van der Waals surface area contributed by atoms with Crippen LogP contribution in [0.2, 0.25) is 0 Å². The van der Waals surface area contributed by atoms with E-state index < -0.39 is 0 Å². The molecule has 0 radical (unpaired) electrons. The van der Waals surface area contributed by atoms with Crippen LogP contribution in [-0.2, 0) is 6.54 Å². The second kappa shape index (κ2) is 11.8.